The summed E-state index contributed by atoms with van der Waals surface area (Å²) in [7, 11) is 1.96. The molecule has 6 aromatic heterocycles. The monoisotopic (exact) mass is 922 g/mol. The molecule has 1 atom stereocenters. The Morgan fingerprint density at radius 1 is 0.582 bits per heavy atom. The Bertz CT molecular complexity index is 3220. The SMILES string of the molecule is CCOCCNc1nc(-c2nccn2CCC(C)OCCNc2nc(-c3nccn3C)nc3sc(-c4ccccc4)c(-c4ccccc4)c23)nc2sc(-c3ccccc3)c(-c3ccccc3)c12. The number of hydrogen-bond donors (Lipinski definition) is 2. The second kappa shape index (κ2) is 20.2. The van der Waals surface area contributed by atoms with Crippen LogP contribution < -0.4 is 10.6 Å². The highest BCUT2D eigenvalue weighted by molar-refractivity contribution is 7.23. The molecule has 0 bridgehead atoms. The second-order valence-corrected chi connectivity index (χ2v) is 18.1. The predicted octanol–water partition coefficient (Wildman–Crippen LogP) is 12.0. The topological polar surface area (TPSA) is 130 Å². The zero-order chi connectivity index (χ0) is 45.5. The van der Waals surface area contributed by atoms with Gasteiger partial charge < -0.3 is 29.2 Å². The molecule has 12 nitrogen and oxygen atoms in total. The van der Waals surface area contributed by atoms with E-state index in [9.17, 15) is 0 Å². The van der Waals surface area contributed by atoms with Crippen LogP contribution in [0.4, 0.5) is 11.6 Å². The molecule has 1 unspecified atom stereocenters. The van der Waals surface area contributed by atoms with Gasteiger partial charge in [-0.3, -0.25) is 0 Å². The summed E-state index contributed by atoms with van der Waals surface area (Å²) in [6, 6.07) is 42.0. The molecule has 0 fully saturated rings. The van der Waals surface area contributed by atoms with E-state index in [1.165, 1.54) is 0 Å². The van der Waals surface area contributed by atoms with Crippen LogP contribution in [0.3, 0.4) is 0 Å². The number of ether oxygens (including phenoxy) is 2. The minimum absolute atomic E-state index is 0.0466. The van der Waals surface area contributed by atoms with Gasteiger partial charge >= 0.3 is 0 Å². The maximum Gasteiger partial charge on any atom is 0.199 e. The first-order valence-electron chi connectivity index (χ1n) is 22.6. The van der Waals surface area contributed by atoms with E-state index >= 15 is 0 Å². The van der Waals surface area contributed by atoms with Gasteiger partial charge in [-0.05, 0) is 42.5 Å². The standard InChI is InChI=1S/C53H50N10O2S2/c1-4-64-33-28-54-46-42-40(36-17-9-5-10-18-36)45(39-23-15-8-16-24-39)67-53(42)61-49(59-46)51-57-27-32-63(51)30-25-35(2)65-34-29-55-47-43-41(37-19-11-6-12-20-37)44(38-21-13-7-14-22-38)66-52(43)60-48(58-47)50-56-26-31-62(50)3/h5-24,26-27,31-32,35H,4,25,28-30,33-34H2,1-3H3,(H,54,59,61)(H,55,58,60). The second-order valence-electron chi connectivity index (χ2n) is 16.1. The van der Waals surface area contributed by atoms with Gasteiger partial charge in [0.05, 0.1) is 30.1 Å². The van der Waals surface area contributed by atoms with E-state index in [2.05, 4.69) is 124 Å². The summed E-state index contributed by atoms with van der Waals surface area (Å²) in [6.07, 6.45) is 8.20. The van der Waals surface area contributed by atoms with E-state index < -0.39 is 0 Å². The number of imidazole rings is 2. The largest absolute Gasteiger partial charge is 0.380 e. The lowest BCUT2D eigenvalue weighted by atomic mass is 9.99. The number of benzene rings is 4. The minimum Gasteiger partial charge on any atom is -0.380 e. The van der Waals surface area contributed by atoms with Gasteiger partial charge in [0.15, 0.2) is 23.3 Å². The quantitative estimate of drug-likeness (QED) is 0.0756. The van der Waals surface area contributed by atoms with Gasteiger partial charge in [-0.15, -0.1) is 22.7 Å². The van der Waals surface area contributed by atoms with E-state index in [-0.39, 0.29) is 6.10 Å². The highest BCUT2D eigenvalue weighted by atomic mass is 32.1. The maximum atomic E-state index is 6.47. The van der Waals surface area contributed by atoms with Gasteiger partial charge in [0.1, 0.15) is 21.3 Å². The van der Waals surface area contributed by atoms with Crippen LogP contribution in [0.1, 0.15) is 20.3 Å². The van der Waals surface area contributed by atoms with Crippen LogP contribution in [0.5, 0.6) is 0 Å². The first-order valence-corrected chi connectivity index (χ1v) is 24.2. The van der Waals surface area contributed by atoms with Gasteiger partial charge in [0.2, 0.25) is 0 Å². The number of nitrogens with one attached hydrogen (secondary N) is 2. The molecular weight excluding hydrogens is 873 g/mol. The van der Waals surface area contributed by atoms with Gasteiger partial charge in [0, 0.05) is 79.0 Å². The fourth-order valence-electron chi connectivity index (χ4n) is 8.30. The smallest absolute Gasteiger partial charge is 0.199 e. The van der Waals surface area contributed by atoms with Crippen molar-refractivity contribution in [1.82, 2.24) is 39.0 Å². The lowest BCUT2D eigenvalue weighted by molar-refractivity contribution is 0.0647. The number of nitrogens with zero attached hydrogens (tertiary/aromatic N) is 8. The minimum atomic E-state index is -0.0466. The molecule has 2 N–H and O–H groups in total. The maximum absolute atomic E-state index is 6.47. The Kier molecular flexibility index (Phi) is 13.2. The Hall–Kier alpha value is -7.10. The van der Waals surface area contributed by atoms with E-state index in [4.69, 9.17) is 34.4 Å². The average Bonchev–Trinajstić information content (AvgIpc) is 4.20. The molecule has 67 heavy (non-hydrogen) atoms. The summed E-state index contributed by atoms with van der Waals surface area (Å²) in [5.74, 6) is 4.05. The van der Waals surface area contributed by atoms with E-state index in [0.717, 1.165) is 81.6 Å². The molecule has 0 saturated carbocycles. The van der Waals surface area contributed by atoms with Crippen LogP contribution in [-0.2, 0) is 23.1 Å². The molecule has 0 saturated heterocycles. The van der Waals surface area contributed by atoms with Crippen LogP contribution in [0.2, 0.25) is 0 Å². The molecule has 0 spiro atoms. The number of rotatable bonds is 19. The summed E-state index contributed by atoms with van der Waals surface area (Å²) in [4.78, 5) is 34.1. The number of fused-ring (bicyclic) bond motifs is 2. The number of hydrogen-bond acceptors (Lipinski definition) is 12. The summed E-state index contributed by atoms with van der Waals surface area (Å²) in [5.41, 5.74) is 6.71. The van der Waals surface area contributed by atoms with Crippen molar-refractivity contribution in [3.8, 4) is 66.4 Å². The highest BCUT2D eigenvalue weighted by Crippen LogP contribution is 2.48. The van der Waals surface area contributed by atoms with Crippen molar-refractivity contribution in [1.29, 1.82) is 0 Å². The summed E-state index contributed by atoms with van der Waals surface area (Å²) in [6.45, 7) is 7.61. The molecule has 0 aliphatic heterocycles. The van der Waals surface area contributed by atoms with Crippen molar-refractivity contribution in [2.75, 3.05) is 43.5 Å². The molecular formula is C53H50N10O2S2. The normalized spacial score (nSPS) is 12.0. The molecule has 14 heteroatoms. The molecule has 0 aliphatic rings. The first kappa shape index (κ1) is 43.8. The van der Waals surface area contributed by atoms with E-state index in [1.807, 2.05) is 61.4 Å². The predicted molar refractivity (Wildman–Crippen MR) is 274 cm³/mol. The molecule has 4 aromatic carbocycles. The Morgan fingerprint density at radius 3 is 1.57 bits per heavy atom. The van der Waals surface area contributed by atoms with Crippen LogP contribution in [0.15, 0.2) is 146 Å². The van der Waals surface area contributed by atoms with Crippen molar-refractivity contribution in [2.45, 2.75) is 32.9 Å². The molecule has 0 amide bonds. The van der Waals surface area contributed by atoms with Gasteiger partial charge in [-0.2, -0.15) is 0 Å². The van der Waals surface area contributed by atoms with Crippen molar-refractivity contribution >= 4 is 54.7 Å². The van der Waals surface area contributed by atoms with Crippen molar-refractivity contribution in [3.63, 3.8) is 0 Å². The van der Waals surface area contributed by atoms with Crippen LogP contribution in [0.25, 0.3) is 86.9 Å². The lowest BCUT2D eigenvalue weighted by Crippen LogP contribution is -2.18. The number of thiophene rings is 2. The molecule has 0 aliphatic carbocycles. The van der Waals surface area contributed by atoms with Crippen molar-refractivity contribution < 1.29 is 9.47 Å². The highest BCUT2D eigenvalue weighted by Gasteiger charge is 2.25. The number of aryl methyl sites for hydroxylation is 2. The molecule has 6 heterocycles. The fraction of sp³-hybridized carbons (Fsp3) is 0.208. The van der Waals surface area contributed by atoms with Gasteiger partial charge in [-0.1, -0.05) is 121 Å². The molecule has 10 rings (SSSR count). The summed E-state index contributed by atoms with van der Waals surface area (Å²) >= 11 is 3.35. The first-order chi connectivity index (χ1) is 33.0. The zero-order valence-electron chi connectivity index (χ0n) is 37.6. The number of anilines is 2. The Morgan fingerprint density at radius 2 is 1.06 bits per heavy atom. The third kappa shape index (κ3) is 9.34. The summed E-state index contributed by atoms with van der Waals surface area (Å²) in [5, 5.41) is 9.24. The third-order valence-corrected chi connectivity index (χ3v) is 13.8. The van der Waals surface area contributed by atoms with Crippen molar-refractivity contribution in [3.05, 3.63) is 146 Å². The van der Waals surface area contributed by atoms with Crippen LogP contribution in [0, 0.1) is 0 Å². The van der Waals surface area contributed by atoms with Crippen molar-refractivity contribution in [2.24, 2.45) is 7.05 Å². The number of aromatic nitrogens is 8. The molecule has 0 radical (unpaired) electrons. The summed E-state index contributed by atoms with van der Waals surface area (Å²) < 4.78 is 16.3. The van der Waals surface area contributed by atoms with E-state index in [1.54, 1.807) is 28.9 Å². The third-order valence-electron chi connectivity index (χ3n) is 11.6. The lowest BCUT2D eigenvalue weighted by Gasteiger charge is -2.16. The average molecular weight is 923 g/mol. The Labute approximate surface area is 397 Å². The van der Waals surface area contributed by atoms with Crippen LogP contribution >= 0.6 is 22.7 Å². The van der Waals surface area contributed by atoms with Gasteiger partial charge in [0.25, 0.3) is 0 Å². The van der Waals surface area contributed by atoms with Crippen LogP contribution in [-0.4, -0.2) is 78.1 Å². The van der Waals surface area contributed by atoms with Gasteiger partial charge in [-0.25, -0.2) is 29.9 Å². The zero-order valence-corrected chi connectivity index (χ0v) is 39.2. The molecule has 336 valence electrons. The molecule has 10 aromatic rings. The fourth-order valence-corrected chi connectivity index (χ4v) is 10.7. The Balaban J connectivity index is 0.889. The van der Waals surface area contributed by atoms with E-state index in [0.29, 0.717) is 62.8 Å².